The molecule has 1 heterocycles. The van der Waals surface area contributed by atoms with Crippen molar-refractivity contribution in [2.75, 3.05) is 25.5 Å². The van der Waals surface area contributed by atoms with Crippen LogP contribution in [0.2, 0.25) is 0 Å². The summed E-state index contributed by atoms with van der Waals surface area (Å²) in [6.07, 6.45) is 3.27. The van der Waals surface area contributed by atoms with E-state index in [1.807, 2.05) is 11.0 Å². The summed E-state index contributed by atoms with van der Waals surface area (Å²) in [5.74, 6) is 0.554. The Kier molecular flexibility index (Phi) is 3.98. The number of amides is 1. The van der Waals surface area contributed by atoms with Crippen molar-refractivity contribution in [1.82, 2.24) is 4.90 Å². The molecular formula is C15H19BrN2O2. The van der Waals surface area contributed by atoms with Crippen molar-refractivity contribution in [2.24, 2.45) is 5.92 Å². The van der Waals surface area contributed by atoms with Crippen LogP contribution in [0, 0.1) is 5.92 Å². The monoisotopic (exact) mass is 338 g/mol. The number of halogens is 1. The highest BCUT2D eigenvalue weighted by Crippen LogP contribution is 2.32. The fourth-order valence-corrected chi connectivity index (χ4v) is 3.07. The number of nitrogen functional groups attached to an aromatic ring is 1. The number of nitrogens with zero attached hydrogens (tertiary/aromatic N) is 1. The van der Waals surface area contributed by atoms with E-state index in [9.17, 15) is 4.79 Å². The van der Waals surface area contributed by atoms with Crippen molar-refractivity contribution in [2.45, 2.75) is 25.3 Å². The maximum absolute atomic E-state index is 12.8. The van der Waals surface area contributed by atoms with Gasteiger partial charge in [0.25, 0.3) is 5.91 Å². The molecule has 1 saturated heterocycles. The smallest absolute Gasteiger partial charge is 0.255 e. The van der Waals surface area contributed by atoms with Gasteiger partial charge in [-0.1, -0.05) is 0 Å². The van der Waals surface area contributed by atoms with Gasteiger partial charge < -0.3 is 15.4 Å². The van der Waals surface area contributed by atoms with Gasteiger partial charge in [-0.05, 0) is 53.4 Å². The molecule has 1 atom stereocenters. The molecule has 0 bridgehead atoms. The quantitative estimate of drug-likeness (QED) is 0.858. The highest BCUT2D eigenvalue weighted by atomic mass is 79.9. The van der Waals surface area contributed by atoms with Crippen LogP contribution in [-0.2, 0) is 4.74 Å². The Labute approximate surface area is 127 Å². The molecule has 1 saturated carbocycles. The van der Waals surface area contributed by atoms with E-state index >= 15 is 0 Å². The lowest BCUT2D eigenvalue weighted by Gasteiger charge is -2.25. The van der Waals surface area contributed by atoms with Gasteiger partial charge in [0.15, 0.2) is 0 Å². The average Bonchev–Trinajstić information content (AvgIpc) is 3.15. The first kappa shape index (κ1) is 13.9. The fraction of sp³-hybridized carbons (Fsp3) is 0.533. The number of rotatable bonds is 4. The van der Waals surface area contributed by atoms with E-state index in [4.69, 9.17) is 10.5 Å². The molecule has 0 spiro atoms. The molecule has 0 aromatic heterocycles. The van der Waals surface area contributed by atoms with Crippen molar-refractivity contribution in [1.29, 1.82) is 0 Å². The van der Waals surface area contributed by atoms with Gasteiger partial charge >= 0.3 is 0 Å². The molecule has 0 radical (unpaired) electrons. The van der Waals surface area contributed by atoms with Crippen LogP contribution in [0.1, 0.15) is 29.6 Å². The highest BCUT2D eigenvalue weighted by Gasteiger charge is 2.35. The summed E-state index contributed by atoms with van der Waals surface area (Å²) in [4.78, 5) is 14.8. The Balaban J connectivity index is 1.79. The SMILES string of the molecule is Nc1ccc(Br)c(C(=O)N(CC2CCOC2)C2CC2)c1. The lowest BCUT2D eigenvalue weighted by atomic mass is 10.1. The molecule has 1 aromatic rings. The summed E-state index contributed by atoms with van der Waals surface area (Å²) >= 11 is 3.45. The van der Waals surface area contributed by atoms with E-state index < -0.39 is 0 Å². The third-order valence-electron chi connectivity index (χ3n) is 3.95. The Bertz CT molecular complexity index is 511. The molecule has 2 N–H and O–H groups in total. The first-order chi connectivity index (χ1) is 9.65. The number of hydrogen-bond acceptors (Lipinski definition) is 3. The van der Waals surface area contributed by atoms with Crippen LogP contribution in [0.15, 0.2) is 22.7 Å². The molecular weight excluding hydrogens is 320 g/mol. The largest absolute Gasteiger partial charge is 0.399 e. The number of nitrogens with two attached hydrogens (primary N) is 1. The average molecular weight is 339 g/mol. The Morgan fingerprint density at radius 3 is 2.85 bits per heavy atom. The van der Waals surface area contributed by atoms with Crippen LogP contribution >= 0.6 is 15.9 Å². The van der Waals surface area contributed by atoms with Gasteiger partial charge in [0.1, 0.15) is 0 Å². The molecule has 1 aliphatic carbocycles. The standard InChI is InChI=1S/C15H19BrN2O2/c16-14-4-1-11(17)7-13(14)15(19)18(12-2-3-12)8-10-5-6-20-9-10/h1,4,7,10,12H,2-3,5-6,8-9,17H2. The van der Waals surface area contributed by atoms with Gasteiger partial charge in [-0.2, -0.15) is 0 Å². The number of ether oxygens (including phenoxy) is 1. The van der Waals surface area contributed by atoms with Gasteiger partial charge in [-0.25, -0.2) is 0 Å². The van der Waals surface area contributed by atoms with Crippen LogP contribution in [0.4, 0.5) is 5.69 Å². The third kappa shape index (κ3) is 2.99. The summed E-state index contributed by atoms with van der Waals surface area (Å²) in [7, 11) is 0. The molecule has 2 fully saturated rings. The van der Waals surface area contributed by atoms with Crippen molar-refractivity contribution >= 4 is 27.5 Å². The van der Waals surface area contributed by atoms with E-state index in [-0.39, 0.29) is 5.91 Å². The zero-order valence-electron chi connectivity index (χ0n) is 11.3. The minimum absolute atomic E-state index is 0.0820. The van der Waals surface area contributed by atoms with Gasteiger partial charge in [0.05, 0.1) is 12.2 Å². The van der Waals surface area contributed by atoms with Gasteiger partial charge in [-0.15, -0.1) is 0 Å². The Morgan fingerprint density at radius 1 is 1.40 bits per heavy atom. The number of benzene rings is 1. The van der Waals surface area contributed by atoms with E-state index in [0.717, 1.165) is 43.5 Å². The topological polar surface area (TPSA) is 55.6 Å². The molecule has 1 amide bonds. The summed E-state index contributed by atoms with van der Waals surface area (Å²) < 4.78 is 6.23. The second kappa shape index (κ2) is 5.74. The highest BCUT2D eigenvalue weighted by molar-refractivity contribution is 9.10. The maximum Gasteiger partial charge on any atom is 0.255 e. The van der Waals surface area contributed by atoms with E-state index in [1.54, 1.807) is 12.1 Å². The summed E-state index contributed by atoms with van der Waals surface area (Å²) in [6.45, 7) is 2.39. The van der Waals surface area contributed by atoms with E-state index in [2.05, 4.69) is 15.9 Å². The number of carbonyl (C=O) groups is 1. The molecule has 20 heavy (non-hydrogen) atoms. The summed E-state index contributed by atoms with van der Waals surface area (Å²) in [6, 6.07) is 5.79. The van der Waals surface area contributed by atoms with Crippen LogP contribution in [0.5, 0.6) is 0 Å². The first-order valence-corrected chi connectivity index (χ1v) is 7.88. The summed E-state index contributed by atoms with van der Waals surface area (Å²) in [5.41, 5.74) is 7.09. The Morgan fingerprint density at radius 2 is 2.20 bits per heavy atom. The maximum atomic E-state index is 12.8. The molecule has 2 aliphatic rings. The van der Waals surface area contributed by atoms with Crippen molar-refractivity contribution < 1.29 is 9.53 Å². The molecule has 1 aliphatic heterocycles. The molecule has 108 valence electrons. The van der Waals surface area contributed by atoms with Gasteiger partial charge in [0.2, 0.25) is 0 Å². The van der Waals surface area contributed by atoms with Crippen LogP contribution in [0.3, 0.4) is 0 Å². The zero-order chi connectivity index (χ0) is 14.1. The molecule has 4 nitrogen and oxygen atoms in total. The van der Waals surface area contributed by atoms with E-state index in [0.29, 0.717) is 23.2 Å². The Hall–Kier alpha value is -1.07. The number of carbonyl (C=O) groups excluding carboxylic acids is 1. The van der Waals surface area contributed by atoms with Gasteiger partial charge in [0, 0.05) is 35.3 Å². The minimum atomic E-state index is 0.0820. The minimum Gasteiger partial charge on any atom is -0.399 e. The molecule has 5 heteroatoms. The lowest BCUT2D eigenvalue weighted by molar-refractivity contribution is 0.0705. The predicted molar refractivity (Wildman–Crippen MR) is 81.5 cm³/mol. The molecule has 1 unspecified atom stereocenters. The normalized spacial score (nSPS) is 21.9. The fourth-order valence-electron chi connectivity index (χ4n) is 2.65. The van der Waals surface area contributed by atoms with Crippen LogP contribution in [0.25, 0.3) is 0 Å². The van der Waals surface area contributed by atoms with Crippen molar-refractivity contribution in [3.8, 4) is 0 Å². The summed E-state index contributed by atoms with van der Waals surface area (Å²) in [5, 5.41) is 0. The second-order valence-corrected chi connectivity index (χ2v) is 6.51. The first-order valence-electron chi connectivity index (χ1n) is 7.09. The zero-order valence-corrected chi connectivity index (χ0v) is 12.9. The van der Waals surface area contributed by atoms with Crippen LogP contribution < -0.4 is 5.73 Å². The van der Waals surface area contributed by atoms with E-state index in [1.165, 1.54) is 0 Å². The van der Waals surface area contributed by atoms with Crippen molar-refractivity contribution in [3.63, 3.8) is 0 Å². The third-order valence-corrected chi connectivity index (χ3v) is 4.64. The van der Waals surface area contributed by atoms with Crippen LogP contribution in [-0.4, -0.2) is 36.6 Å². The predicted octanol–water partition coefficient (Wildman–Crippen LogP) is 2.67. The lowest BCUT2D eigenvalue weighted by Crippen LogP contribution is -2.37. The molecule has 1 aromatic carbocycles. The second-order valence-electron chi connectivity index (χ2n) is 5.66. The van der Waals surface area contributed by atoms with Crippen molar-refractivity contribution in [3.05, 3.63) is 28.2 Å². The number of hydrogen-bond donors (Lipinski definition) is 1. The van der Waals surface area contributed by atoms with Gasteiger partial charge in [-0.3, -0.25) is 4.79 Å². The number of anilines is 1. The molecule has 3 rings (SSSR count).